The third-order valence-electron chi connectivity index (χ3n) is 3.04. The van der Waals surface area contributed by atoms with Gasteiger partial charge >= 0.3 is 0 Å². The molecule has 4 heteroatoms. The highest BCUT2D eigenvalue weighted by Crippen LogP contribution is 2.31. The number of nitrogens with zero attached hydrogens (tertiary/aromatic N) is 3. The first-order chi connectivity index (χ1) is 8.65. The van der Waals surface area contributed by atoms with Gasteiger partial charge in [-0.1, -0.05) is 25.1 Å². The smallest absolute Gasteiger partial charge is 0.154 e. The molecule has 0 radical (unpaired) electrons. The Morgan fingerprint density at radius 3 is 2.56 bits per heavy atom. The van der Waals surface area contributed by atoms with E-state index in [2.05, 4.69) is 29.1 Å². The maximum absolute atomic E-state index is 6.15. The van der Waals surface area contributed by atoms with E-state index in [9.17, 15) is 0 Å². The quantitative estimate of drug-likeness (QED) is 0.899. The SMILES string of the molecule is CCCn1nc(C)c(N)c1N(C)c1ccccc1. The van der Waals surface area contributed by atoms with Crippen LogP contribution >= 0.6 is 0 Å². The fraction of sp³-hybridized carbons (Fsp3) is 0.357. The molecule has 2 aromatic rings. The highest BCUT2D eigenvalue weighted by Gasteiger charge is 2.16. The molecular formula is C14H20N4. The molecule has 0 saturated carbocycles. The summed E-state index contributed by atoms with van der Waals surface area (Å²) in [4.78, 5) is 2.09. The van der Waals surface area contributed by atoms with Crippen LogP contribution in [0.4, 0.5) is 17.2 Å². The zero-order chi connectivity index (χ0) is 13.1. The molecule has 0 fully saturated rings. The zero-order valence-electron chi connectivity index (χ0n) is 11.2. The van der Waals surface area contributed by atoms with Crippen LogP contribution in [0.2, 0.25) is 0 Å². The molecule has 18 heavy (non-hydrogen) atoms. The molecule has 1 aromatic heterocycles. The van der Waals surface area contributed by atoms with Gasteiger partial charge in [0.05, 0.1) is 11.4 Å². The lowest BCUT2D eigenvalue weighted by Gasteiger charge is -2.21. The Morgan fingerprint density at radius 1 is 1.28 bits per heavy atom. The molecule has 0 aliphatic rings. The lowest BCUT2D eigenvalue weighted by atomic mass is 10.3. The number of rotatable bonds is 4. The van der Waals surface area contributed by atoms with Crippen molar-refractivity contribution in [1.82, 2.24) is 9.78 Å². The molecule has 4 nitrogen and oxygen atoms in total. The van der Waals surface area contributed by atoms with Crippen molar-refractivity contribution >= 4 is 17.2 Å². The number of para-hydroxylation sites is 1. The van der Waals surface area contributed by atoms with Crippen LogP contribution in [-0.2, 0) is 6.54 Å². The summed E-state index contributed by atoms with van der Waals surface area (Å²) in [6.45, 7) is 4.97. The average molecular weight is 244 g/mol. The van der Waals surface area contributed by atoms with E-state index in [-0.39, 0.29) is 0 Å². The monoisotopic (exact) mass is 244 g/mol. The van der Waals surface area contributed by atoms with Crippen molar-refractivity contribution in [2.24, 2.45) is 0 Å². The van der Waals surface area contributed by atoms with Crippen molar-refractivity contribution in [3.63, 3.8) is 0 Å². The Morgan fingerprint density at radius 2 is 1.94 bits per heavy atom. The summed E-state index contributed by atoms with van der Waals surface area (Å²) >= 11 is 0. The minimum atomic E-state index is 0.759. The van der Waals surface area contributed by atoms with Crippen LogP contribution in [0.3, 0.4) is 0 Å². The summed E-state index contributed by atoms with van der Waals surface area (Å²) in [5.41, 5.74) is 8.91. The van der Waals surface area contributed by atoms with Crippen LogP contribution < -0.4 is 10.6 Å². The van der Waals surface area contributed by atoms with Crippen molar-refractivity contribution < 1.29 is 0 Å². The van der Waals surface area contributed by atoms with Crippen LogP contribution in [0, 0.1) is 6.92 Å². The van der Waals surface area contributed by atoms with Crippen LogP contribution in [0.25, 0.3) is 0 Å². The molecule has 0 saturated heterocycles. The first-order valence-electron chi connectivity index (χ1n) is 6.26. The van der Waals surface area contributed by atoms with Gasteiger partial charge in [0.2, 0.25) is 0 Å². The van der Waals surface area contributed by atoms with Crippen molar-refractivity contribution in [3.8, 4) is 0 Å². The molecule has 2 N–H and O–H groups in total. The van der Waals surface area contributed by atoms with Gasteiger partial charge in [-0.15, -0.1) is 0 Å². The normalized spacial score (nSPS) is 10.6. The molecule has 0 amide bonds. The largest absolute Gasteiger partial charge is 0.394 e. The zero-order valence-corrected chi connectivity index (χ0v) is 11.2. The van der Waals surface area contributed by atoms with E-state index in [0.717, 1.165) is 35.9 Å². The van der Waals surface area contributed by atoms with E-state index in [0.29, 0.717) is 0 Å². The molecule has 1 aromatic carbocycles. The van der Waals surface area contributed by atoms with Crippen molar-refractivity contribution in [2.75, 3.05) is 17.7 Å². The molecule has 0 spiro atoms. The van der Waals surface area contributed by atoms with Crippen LogP contribution in [0.1, 0.15) is 19.0 Å². The molecule has 0 atom stereocenters. The molecule has 96 valence electrons. The molecule has 0 aliphatic heterocycles. The predicted octanol–water partition coefficient (Wildman–Crippen LogP) is 2.95. The predicted molar refractivity (Wildman–Crippen MR) is 76.2 cm³/mol. The third-order valence-corrected chi connectivity index (χ3v) is 3.04. The first kappa shape index (κ1) is 12.5. The van der Waals surface area contributed by atoms with Crippen molar-refractivity contribution in [1.29, 1.82) is 0 Å². The fourth-order valence-corrected chi connectivity index (χ4v) is 2.08. The van der Waals surface area contributed by atoms with E-state index >= 15 is 0 Å². The van der Waals surface area contributed by atoms with E-state index < -0.39 is 0 Å². The van der Waals surface area contributed by atoms with Crippen LogP contribution in [0.15, 0.2) is 30.3 Å². The molecule has 0 bridgehead atoms. The Bertz CT molecular complexity index is 516. The summed E-state index contributed by atoms with van der Waals surface area (Å²) in [7, 11) is 2.02. The lowest BCUT2D eigenvalue weighted by Crippen LogP contribution is -2.16. The molecule has 1 heterocycles. The van der Waals surface area contributed by atoms with Crippen LogP contribution in [-0.4, -0.2) is 16.8 Å². The van der Waals surface area contributed by atoms with Gasteiger partial charge in [-0.2, -0.15) is 5.10 Å². The van der Waals surface area contributed by atoms with Gasteiger partial charge in [-0.25, -0.2) is 4.68 Å². The molecule has 0 unspecified atom stereocenters. The number of nitrogen functional groups attached to an aromatic ring is 1. The Labute approximate surface area is 108 Å². The summed E-state index contributed by atoms with van der Waals surface area (Å²) in [6.07, 6.45) is 1.04. The minimum absolute atomic E-state index is 0.759. The second-order valence-corrected chi connectivity index (χ2v) is 4.44. The summed E-state index contributed by atoms with van der Waals surface area (Å²) < 4.78 is 1.98. The van der Waals surface area contributed by atoms with E-state index in [1.807, 2.05) is 36.9 Å². The van der Waals surface area contributed by atoms with Gasteiger partial charge in [-0.05, 0) is 25.5 Å². The topological polar surface area (TPSA) is 47.1 Å². The Balaban J connectivity index is 2.43. The highest BCUT2D eigenvalue weighted by atomic mass is 15.4. The minimum Gasteiger partial charge on any atom is -0.394 e. The number of hydrogen-bond acceptors (Lipinski definition) is 3. The number of aromatic nitrogens is 2. The lowest BCUT2D eigenvalue weighted by molar-refractivity contribution is 0.599. The van der Waals surface area contributed by atoms with E-state index in [1.165, 1.54) is 0 Å². The van der Waals surface area contributed by atoms with Gasteiger partial charge in [-0.3, -0.25) is 0 Å². The standard InChI is InChI=1S/C14H20N4/c1-4-10-18-14(13(15)11(2)16-18)17(3)12-8-6-5-7-9-12/h5-9H,4,10,15H2,1-3H3. The van der Waals surface area contributed by atoms with Gasteiger partial charge in [0, 0.05) is 19.3 Å². The molecule has 2 rings (SSSR count). The van der Waals surface area contributed by atoms with E-state index in [4.69, 9.17) is 5.73 Å². The maximum Gasteiger partial charge on any atom is 0.154 e. The molecule has 0 aliphatic carbocycles. The summed E-state index contributed by atoms with van der Waals surface area (Å²) in [5, 5.41) is 4.50. The number of nitrogens with two attached hydrogens (primary N) is 1. The average Bonchev–Trinajstić information content (AvgIpc) is 2.66. The van der Waals surface area contributed by atoms with Gasteiger partial charge in [0.15, 0.2) is 5.82 Å². The van der Waals surface area contributed by atoms with Gasteiger partial charge < -0.3 is 10.6 Å². The number of hydrogen-bond donors (Lipinski definition) is 1. The van der Waals surface area contributed by atoms with Crippen molar-refractivity contribution in [3.05, 3.63) is 36.0 Å². The van der Waals surface area contributed by atoms with Crippen molar-refractivity contribution in [2.45, 2.75) is 26.8 Å². The van der Waals surface area contributed by atoms with Crippen LogP contribution in [0.5, 0.6) is 0 Å². The number of benzene rings is 1. The Hall–Kier alpha value is -1.97. The van der Waals surface area contributed by atoms with E-state index in [1.54, 1.807) is 0 Å². The summed E-state index contributed by atoms with van der Waals surface area (Å²) in [5.74, 6) is 0.973. The number of anilines is 3. The van der Waals surface area contributed by atoms with Gasteiger partial charge in [0.1, 0.15) is 0 Å². The first-order valence-corrected chi connectivity index (χ1v) is 6.26. The highest BCUT2D eigenvalue weighted by molar-refractivity contribution is 5.72. The maximum atomic E-state index is 6.15. The third kappa shape index (κ3) is 2.18. The summed E-state index contributed by atoms with van der Waals surface area (Å²) in [6, 6.07) is 10.2. The second-order valence-electron chi connectivity index (χ2n) is 4.44. The van der Waals surface area contributed by atoms with Gasteiger partial charge in [0.25, 0.3) is 0 Å². The Kier molecular flexibility index (Phi) is 3.55. The fourth-order valence-electron chi connectivity index (χ4n) is 2.08. The molecular weight excluding hydrogens is 224 g/mol. The number of aryl methyl sites for hydroxylation is 2. The second kappa shape index (κ2) is 5.12.